The van der Waals surface area contributed by atoms with E-state index in [0.717, 1.165) is 34.1 Å². The predicted octanol–water partition coefficient (Wildman–Crippen LogP) is 3.81. The summed E-state index contributed by atoms with van der Waals surface area (Å²) in [5.74, 6) is -1.17. The van der Waals surface area contributed by atoms with E-state index in [2.05, 4.69) is 0 Å². The topological polar surface area (TPSA) is 62.5 Å². The number of nitrogens with zero attached hydrogens (tertiary/aromatic N) is 2. The minimum Gasteiger partial charge on any atom is -0.480 e. The Morgan fingerprint density at radius 1 is 1.20 bits per heavy atom. The van der Waals surface area contributed by atoms with Gasteiger partial charge >= 0.3 is 5.97 Å². The van der Waals surface area contributed by atoms with Crippen molar-refractivity contribution in [3.63, 3.8) is 0 Å². The van der Waals surface area contributed by atoms with Crippen molar-refractivity contribution in [2.24, 2.45) is 0 Å². The highest BCUT2D eigenvalue weighted by Gasteiger charge is 2.30. The van der Waals surface area contributed by atoms with Gasteiger partial charge in [0, 0.05) is 36.1 Å². The molecule has 1 atom stereocenters. The number of likely N-dealkylation sites (N-methyl/N-ethyl adjacent to an activating group) is 1. The molecule has 0 aliphatic heterocycles. The first-order valence-corrected chi connectivity index (χ1v) is 10.2. The smallest absolute Gasteiger partial charge is 0.323 e. The Morgan fingerprint density at radius 2 is 1.97 bits per heavy atom. The maximum absolute atomic E-state index is 13.9. The monoisotopic (exact) mass is 408 g/mol. The zero-order chi connectivity index (χ0) is 21.3. The maximum atomic E-state index is 13.9. The Balaban J connectivity index is 1.55. The maximum Gasteiger partial charge on any atom is 0.323 e. The summed E-state index contributed by atoms with van der Waals surface area (Å²) in [6.07, 6.45) is 3.18. The highest BCUT2D eigenvalue weighted by atomic mass is 19.1. The van der Waals surface area contributed by atoms with E-state index < -0.39 is 5.97 Å². The molecule has 0 saturated carbocycles. The number of aromatic nitrogens is 1. The van der Waals surface area contributed by atoms with E-state index in [1.54, 1.807) is 10.6 Å². The van der Waals surface area contributed by atoms with Crippen molar-refractivity contribution in [2.45, 2.75) is 44.7 Å². The molecule has 0 radical (unpaired) electrons. The van der Waals surface area contributed by atoms with Crippen LogP contribution in [-0.4, -0.2) is 39.5 Å². The van der Waals surface area contributed by atoms with E-state index in [1.165, 1.54) is 12.1 Å². The standard InChI is InChI=1S/C24H25FN2O3/c1-26(23(28)12-7-16-5-3-2-4-6-16)18-9-11-22-20(14-18)19-13-17(25)8-10-21(19)27(22)15-24(29)30/h2-6,8,10,13,18H,7,9,11-12,14-15H2,1H3,(H,29,30)/t18-/m0/s1. The Morgan fingerprint density at radius 3 is 2.70 bits per heavy atom. The predicted molar refractivity (Wildman–Crippen MR) is 113 cm³/mol. The second-order valence-electron chi connectivity index (χ2n) is 7.95. The molecule has 5 nitrogen and oxygen atoms in total. The fourth-order valence-corrected chi connectivity index (χ4v) is 4.53. The summed E-state index contributed by atoms with van der Waals surface area (Å²) < 4.78 is 15.7. The summed E-state index contributed by atoms with van der Waals surface area (Å²) in [6, 6.07) is 14.5. The quantitative estimate of drug-likeness (QED) is 0.675. The molecule has 1 aromatic heterocycles. The van der Waals surface area contributed by atoms with Gasteiger partial charge in [-0.1, -0.05) is 30.3 Å². The molecule has 1 N–H and O–H groups in total. The largest absolute Gasteiger partial charge is 0.480 e. The van der Waals surface area contributed by atoms with E-state index in [9.17, 15) is 19.1 Å². The van der Waals surface area contributed by atoms with Crippen molar-refractivity contribution in [1.29, 1.82) is 0 Å². The molecule has 30 heavy (non-hydrogen) atoms. The van der Waals surface area contributed by atoms with Crippen LogP contribution in [0.15, 0.2) is 48.5 Å². The van der Waals surface area contributed by atoms with Gasteiger partial charge in [0.2, 0.25) is 5.91 Å². The molecule has 0 unspecified atom stereocenters. The van der Waals surface area contributed by atoms with E-state index in [0.29, 0.717) is 25.7 Å². The fourth-order valence-electron chi connectivity index (χ4n) is 4.53. The number of carbonyl (C=O) groups excluding carboxylic acids is 1. The van der Waals surface area contributed by atoms with Crippen LogP contribution in [0.1, 0.15) is 29.7 Å². The number of hydrogen-bond acceptors (Lipinski definition) is 2. The summed E-state index contributed by atoms with van der Waals surface area (Å²) in [7, 11) is 1.83. The summed E-state index contributed by atoms with van der Waals surface area (Å²) in [6.45, 7) is -0.145. The van der Waals surface area contributed by atoms with Gasteiger partial charge in [0.15, 0.2) is 0 Å². The molecular weight excluding hydrogens is 383 g/mol. The summed E-state index contributed by atoms with van der Waals surface area (Å²) >= 11 is 0. The number of aryl methyl sites for hydroxylation is 1. The molecule has 1 aliphatic rings. The van der Waals surface area contributed by atoms with Crippen LogP contribution in [0, 0.1) is 5.82 Å². The third-order valence-electron chi connectivity index (χ3n) is 6.11. The summed E-state index contributed by atoms with van der Waals surface area (Å²) in [5, 5.41) is 10.1. The number of halogens is 1. The van der Waals surface area contributed by atoms with Gasteiger partial charge in [-0.2, -0.15) is 0 Å². The first-order valence-electron chi connectivity index (χ1n) is 10.2. The van der Waals surface area contributed by atoms with Crippen molar-refractivity contribution in [3.8, 4) is 0 Å². The molecule has 6 heteroatoms. The van der Waals surface area contributed by atoms with Crippen molar-refractivity contribution >= 4 is 22.8 Å². The number of benzene rings is 2. The minimum atomic E-state index is -0.922. The van der Waals surface area contributed by atoms with E-state index in [1.807, 2.05) is 42.3 Å². The van der Waals surface area contributed by atoms with Crippen LogP contribution in [0.3, 0.4) is 0 Å². The zero-order valence-corrected chi connectivity index (χ0v) is 17.0. The number of rotatable bonds is 6. The van der Waals surface area contributed by atoms with Crippen LogP contribution in [0.5, 0.6) is 0 Å². The van der Waals surface area contributed by atoms with Gasteiger partial charge in [-0.15, -0.1) is 0 Å². The lowest BCUT2D eigenvalue weighted by Crippen LogP contribution is -2.40. The summed E-state index contributed by atoms with van der Waals surface area (Å²) in [5.41, 5.74) is 3.78. The average Bonchev–Trinajstić information content (AvgIpc) is 3.04. The molecule has 156 valence electrons. The van der Waals surface area contributed by atoms with Crippen LogP contribution in [0.2, 0.25) is 0 Å². The number of carbonyl (C=O) groups is 2. The zero-order valence-electron chi connectivity index (χ0n) is 17.0. The summed E-state index contributed by atoms with van der Waals surface area (Å²) in [4.78, 5) is 26.0. The highest BCUT2D eigenvalue weighted by molar-refractivity contribution is 5.87. The number of carboxylic acids is 1. The van der Waals surface area contributed by atoms with E-state index in [4.69, 9.17) is 0 Å². The van der Waals surface area contributed by atoms with Crippen molar-refractivity contribution in [3.05, 3.63) is 71.2 Å². The molecule has 3 aromatic rings. The second kappa shape index (κ2) is 8.30. The first-order chi connectivity index (χ1) is 14.4. The third kappa shape index (κ3) is 3.95. The lowest BCUT2D eigenvalue weighted by molar-refractivity contribution is -0.137. The van der Waals surface area contributed by atoms with Crippen molar-refractivity contribution < 1.29 is 19.1 Å². The molecule has 0 spiro atoms. The Bertz CT molecular complexity index is 1090. The van der Waals surface area contributed by atoms with Crippen LogP contribution in [0.25, 0.3) is 10.9 Å². The number of hydrogen-bond donors (Lipinski definition) is 1. The Kier molecular flexibility index (Phi) is 5.57. The van der Waals surface area contributed by atoms with Gasteiger partial charge in [-0.25, -0.2) is 4.39 Å². The van der Waals surface area contributed by atoms with Crippen molar-refractivity contribution in [2.75, 3.05) is 7.05 Å². The highest BCUT2D eigenvalue weighted by Crippen LogP contribution is 2.34. The van der Waals surface area contributed by atoms with Gasteiger partial charge < -0.3 is 14.6 Å². The number of aliphatic carboxylic acids is 1. The first kappa shape index (κ1) is 20.1. The molecular formula is C24H25FN2O3. The number of fused-ring (bicyclic) bond motifs is 3. The minimum absolute atomic E-state index is 0.0212. The number of carboxylic acid groups (broad SMARTS) is 1. The molecule has 0 fully saturated rings. The molecule has 1 heterocycles. The SMILES string of the molecule is CN(C(=O)CCc1ccccc1)[C@H]1CCc2c(c3cc(F)ccc3n2CC(=O)O)C1. The van der Waals surface area contributed by atoms with Gasteiger partial charge in [0.1, 0.15) is 12.4 Å². The van der Waals surface area contributed by atoms with Gasteiger partial charge in [-0.3, -0.25) is 9.59 Å². The van der Waals surface area contributed by atoms with Crippen LogP contribution in [-0.2, 0) is 35.4 Å². The Hall–Kier alpha value is -3.15. The average molecular weight is 408 g/mol. The van der Waals surface area contributed by atoms with Crippen LogP contribution < -0.4 is 0 Å². The lowest BCUT2D eigenvalue weighted by atomic mass is 9.90. The fraction of sp³-hybridized carbons (Fsp3) is 0.333. The molecule has 4 rings (SSSR count). The molecule has 0 saturated heterocycles. The Labute approximate surface area is 174 Å². The molecule has 2 aromatic carbocycles. The number of amides is 1. The van der Waals surface area contributed by atoms with Gasteiger partial charge in [-0.05, 0) is 55.0 Å². The van der Waals surface area contributed by atoms with E-state index >= 15 is 0 Å². The van der Waals surface area contributed by atoms with E-state index in [-0.39, 0.29) is 24.3 Å². The van der Waals surface area contributed by atoms with Gasteiger partial charge in [0.25, 0.3) is 0 Å². The van der Waals surface area contributed by atoms with Crippen LogP contribution in [0.4, 0.5) is 4.39 Å². The third-order valence-corrected chi connectivity index (χ3v) is 6.11. The van der Waals surface area contributed by atoms with Crippen molar-refractivity contribution in [1.82, 2.24) is 9.47 Å². The molecule has 1 aliphatic carbocycles. The molecule has 0 bridgehead atoms. The lowest BCUT2D eigenvalue weighted by Gasteiger charge is -2.32. The normalized spacial score (nSPS) is 15.7. The molecule has 1 amide bonds. The second-order valence-corrected chi connectivity index (χ2v) is 7.95. The van der Waals surface area contributed by atoms with Crippen LogP contribution >= 0.6 is 0 Å². The van der Waals surface area contributed by atoms with Gasteiger partial charge in [0.05, 0.1) is 0 Å².